The molecule has 2 heteroatoms. The van der Waals surface area contributed by atoms with Crippen LogP contribution in [0.1, 0.15) is 29.7 Å². The maximum absolute atomic E-state index is 3.46. The van der Waals surface area contributed by atoms with Gasteiger partial charge in [0, 0.05) is 24.8 Å². The van der Waals surface area contributed by atoms with Gasteiger partial charge in [0.25, 0.3) is 0 Å². The molecule has 21 heavy (non-hydrogen) atoms. The first-order valence-electron chi connectivity index (χ1n) is 7.70. The average molecular weight is 282 g/mol. The lowest BCUT2D eigenvalue weighted by molar-refractivity contribution is 0.574. The average Bonchev–Trinajstić information content (AvgIpc) is 2.51. The highest BCUT2D eigenvalue weighted by Crippen LogP contribution is 2.22. The van der Waals surface area contributed by atoms with Crippen LogP contribution in [0.2, 0.25) is 0 Å². The van der Waals surface area contributed by atoms with Gasteiger partial charge in [-0.05, 0) is 51.1 Å². The van der Waals surface area contributed by atoms with E-state index in [9.17, 15) is 0 Å². The number of nitrogens with zero attached hydrogens (tertiary/aromatic N) is 1. The Morgan fingerprint density at radius 1 is 1.00 bits per heavy atom. The molecule has 0 bridgehead atoms. The molecule has 2 aromatic rings. The van der Waals surface area contributed by atoms with E-state index in [1.54, 1.807) is 0 Å². The Morgan fingerprint density at radius 2 is 1.67 bits per heavy atom. The molecule has 0 fully saturated rings. The molecule has 0 radical (unpaired) electrons. The van der Waals surface area contributed by atoms with Gasteiger partial charge >= 0.3 is 0 Å². The number of likely N-dealkylation sites (N-methyl/N-ethyl adjacent to an activating group) is 2. The molecule has 0 aromatic heterocycles. The number of benzene rings is 2. The first-order valence-corrected chi connectivity index (χ1v) is 7.70. The van der Waals surface area contributed by atoms with Crippen LogP contribution in [-0.2, 0) is 0 Å². The number of nitrogens with one attached hydrogen (secondary N) is 1. The van der Waals surface area contributed by atoms with Crippen molar-refractivity contribution in [2.24, 2.45) is 0 Å². The van der Waals surface area contributed by atoms with Crippen molar-refractivity contribution < 1.29 is 0 Å². The summed E-state index contributed by atoms with van der Waals surface area (Å²) in [6, 6.07) is 17.7. The molecule has 0 saturated carbocycles. The van der Waals surface area contributed by atoms with Gasteiger partial charge in [-0.3, -0.25) is 0 Å². The lowest BCUT2D eigenvalue weighted by Crippen LogP contribution is -2.34. The highest BCUT2D eigenvalue weighted by Gasteiger charge is 2.15. The van der Waals surface area contributed by atoms with Gasteiger partial charge < -0.3 is 10.2 Å². The summed E-state index contributed by atoms with van der Waals surface area (Å²) < 4.78 is 0. The molecule has 112 valence electrons. The molecule has 0 aliphatic rings. The molecule has 2 rings (SSSR count). The molecule has 1 atom stereocenters. The summed E-state index contributed by atoms with van der Waals surface area (Å²) in [7, 11) is 2.04. The van der Waals surface area contributed by atoms with Gasteiger partial charge in [-0.15, -0.1) is 0 Å². The van der Waals surface area contributed by atoms with E-state index in [0.717, 1.165) is 13.1 Å². The maximum Gasteiger partial charge on any atom is 0.0498 e. The largest absolute Gasteiger partial charge is 0.370 e. The van der Waals surface area contributed by atoms with Crippen LogP contribution < -0.4 is 10.2 Å². The van der Waals surface area contributed by atoms with Crippen molar-refractivity contribution in [2.45, 2.75) is 26.8 Å². The Bertz CT molecular complexity index is 560. The SMILES string of the molecule is CCN(CC(NC)c1ccccc1C)c1ccc(C)cc1. The Morgan fingerprint density at radius 3 is 2.24 bits per heavy atom. The van der Waals surface area contributed by atoms with Crippen molar-refractivity contribution >= 4 is 5.69 Å². The number of hydrogen-bond acceptors (Lipinski definition) is 2. The number of aryl methyl sites for hydroxylation is 2. The molecule has 1 unspecified atom stereocenters. The summed E-state index contributed by atoms with van der Waals surface area (Å²) in [5, 5.41) is 3.46. The van der Waals surface area contributed by atoms with Crippen molar-refractivity contribution in [2.75, 3.05) is 25.0 Å². The predicted octanol–water partition coefficient (Wildman–Crippen LogP) is 4.09. The van der Waals surface area contributed by atoms with Crippen molar-refractivity contribution in [3.05, 3.63) is 65.2 Å². The molecular weight excluding hydrogens is 256 g/mol. The smallest absolute Gasteiger partial charge is 0.0498 e. The Kier molecular flexibility index (Phi) is 5.40. The van der Waals surface area contributed by atoms with Gasteiger partial charge in [0.2, 0.25) is 0 Å². The Hall–Kier alpha value is -1.80. The number of anilines is 1. The van der Waals surface area contributed by atoms with Gasteiger partial charge in [-0.2, -0.15) is 0 Å². The lowest BCUT2D eigenvalue weighted by atomic mass is 10.0. The van der Waals surface area contributed by atoms with Crippen LogP contribution in [0.4, 0.5) is 5.69 Å². The van der Waals surface area contributed by atoms with E-state index in [1.165, 1.54) is 22.4 Å². The fraction of sp³-hybridized carbons (Fsp3) is 0.368. The molecule has 0 saturated heterocycles. The van der Waals surface area contributed by atoms with E-state index >= 15 is 0 Å². The van der Waals surface area contributed by atoms with Crippen LogP contribution in [0, 0.1) is 13.8 Å². The van der Waals surface area contributed by atoms with Crippen LogP contribution in [-0.4, -0.2) is 20.1 Å². The topological polar surface area (TPSA) is 15.3 Å². The fourth-order valence-corrected chi connectivity index (χ4v) is 2.72. The highest BCUT2D eigenvalue weighted by molar-refractivity contribution is 5.48. The first kappa shape index (κ1) is 15.6. The monoisotopic (exact) mass is 282 g/mol. The number of hydrogen-bond donors (Lipinski definition) is 1. The summed E-state index contributed by atoms with van der Waals surface area (Å²) in [6.07, 6.45) is 0. The summed E-state index contributed by atoms with van der Waals surface area (Å²) in [5.41, 5.74) is 5.32. The van der Waals surface area contributed by atoms with Crippen LogP contribution in [0.25, 0.3) is 0 Å². The number of rotatable bonds is 6. The predicted molar refractivity (Wildman–Crippen MR) is 92.0 cm³/mol. The quantitative estimate of drug-likeness (QED) is 0.858. The van der Waals surface area contributed by atoms with E-state index < -0.39 is 0 Å². The maximum atomic E-state index is 3.46. The minimum Gasteiger partial charge on any atom is -0.370 e. The van der Waals surface area contributed by atoms with Crippen molar-refractivity contribution in [3.8, 4) is 0 Å². The van der Waals surface area contributed by atoms with Gasteiger partial charge in [-0.25, -0.2) is 0 Å². The van der Waals surface area contributed by atoms with Gasteiger partial charge in [0.15, 0.2) is 0 Å². The second-order valence-corrected chi connectivity index (χ2v) is 5.57. The molecule has 0 spiro atoms. The van der Waals surface area contributed by atoms with Crippen molar-refractivity contribution in [3.63, 3.8) is 0 Å². The molecule has 1 N–H and O–H groups in total. The van der Waals surface area contributed by atoms with Gasteiger partial charge in [-0.1, -0.05) is 42.0 Å². The molecule has 0 aliphatic carbocycles. The summed E-state index contributed by atoms with van der Waals surface area (Å²) in [5.74, 6) is 0. The minimum absolute atomic E-state index is 0.340. The zero-order valence-electron chi connectivity index (χ0n) is 13.6. The third-order valence-electron chi connectivity index (χ3n) is 4.10. The first-order chi connectivity index (χ1) is 10.2. The lowest BCUT2D eigenvalue weighted by Gasteiger charge is -2.29. The van der Waals surface area contributed by atoms with E-state index in [0.29, 0.717) is 6.04 Å². The Labute approximate surface area is 128 Å². The minimum atomic E-state index is 0.340. The molecule has 2 nitrogen and oxygen atoms in total. The Balaban J connectivity index is 2.19. The van der Waals surface area contributed by atoms with Crippen LogP contribution >= 0.6 is 0 Å². The van der Waals surface area contributed by atoms with E-state index in [1.807, 2.05) is 7.05 Å². The molecule has 2 aromatic carbocycles. The van der Waals surface area contributed by atoms with Gasteiger partial charge in [0.05, 0.1) is 0 Å². The van der Waals surface area contributed by atoms with Gasteiger partial charge in [0.1, 0.15) is 0 Å². The zero-order chi connectivity index (χ0) is 15.2. The second-order valence-electron chi connectivity index (χ2n) is 5.57. The van der Waals surface area contributed by atoms with Crippen LogP contribution in [0.3, 0.4) is 0 Å². The van der Waals surface area contributed by atoms with E-state index in [4.69, 9.17) is 0 Å². The fourth-order valence-electron chi connectivity index (χ4n) is 2.72. The summed E-state index contributed by atoms with van der Waals surface area (Å²) >= 11 is 0. The molecule has 0 heterocycles. The van der Waals surface area contributed by atoms with Crippen molar-refractivity contribution in [1.82, 2.24) is 5.32 Å². The third kappa shape index (κ3) is 3.85. The summed E-state index contributed by atoms with van der Waals surface area (Å²) in [4.78, 5) is 2.42. The normalized spacial score (nSPS) is 12.2. The standard InChI is InChI=1S/C19H26N2/c1-5-21(17-12-10-15(2)11-13-17)14-19(20-4)18-9-7-6-8-16(18)3/h6-13,19-20H,5,14H2,1-4H3. The third-order valence-corrected chi connectivity index (χ3v) is 4.10. The van der Waals surface area contributed by atoms with E-state index in [-0.39, 0.29) is 0 Å². The van der Waals surface area contributed by atoms with Crippen LogP contribution in [0.15, 0.2) is 48.5 Å². The molecular formula is C19H26N2. The van der Waals surface area contributed by atoms with E-state index in [2.05, 4.69) is 79.5 Å². The summed E-state index contributed by atoms with van der Waals surface area (Å²) in [6.45, 7) is 8.50. The zero-order valence-corrected chi connectivity index (χ0v) is 13.6. The highest BCUT2D eigenvalue weighted by atomic mass is 15.1. The molecule has 0 amide bonds. The van der Waals surface area contributed by atoms with Crippen LogP contribution in [0.5, 0.6) is 0 Å². The molecule has 0 aliphatic heterocycles. The second kappa shape index (κ2) is 7.28. The van der Waals surface area contributed by atoms with Crippen molar-refractivity contribution in [1.29, 1.82) is 0 Å².